The van der Waals surface area contributed by atoms with Crippen molar-refractivity contribution in [2.75, 3.05) is 12.4 Å². The smallest absolute Gasteiger partial charge is 0.227 e. The Labute approximate surface area is 148 Å². The van der Waals surface area contributed by atoms with E-state index >= 15 is 0 Å². The van der Waals surface area contributed by atoms with Gasteiger partial charge in [-0.25, -0.2) is 0 Å². The molecular weight excluding hydrogens is 314 g/mol. The van der Waals surface area contributed by atoms with Crippen LogP contribution in [0, 0.1) is 5.92 Å². The van der Waals surface area contributed by atoms with Gasteiger partial charge in [0.15, 0.2) is 0 Å². The van der Waals surface area contributed by atoms with E-state index in [0.29, 0.717) is 5.92 Å². The van der Waals surface area contributed by atoms with Gasteiger partial charge in [0.1, 0.15) is 11.4 Å². The SMILES string of the molecule is COc1cccc(-c2n[nH]c(C3CC3)c2NC(=O)C2CCCCC2)c1. The number of amides is 1. The molecular formula is C20H25N3O2. The second-order valence-electron chi connectivity index (χ2n) is 7.19. The van der Waals surface area contributed by atoms with E-state index < -0.39 is 0 Å². The summed E-state index contributed by atoms with van der Waals surface area (Å²) in [5.74, 6) is 1.56. The first kappa shape index (κ1) is 16.2. The summed E-state index contributed by atoms with van der Waals surface area (Å²) < 4.78 is 5.33. The Balaban J connectivity index is 1.64. The lowest BCUT2D eigenvalue weighted by Crippen LogP contribution is -2.25. The van der Waals surface area contributed by atoms with Gasteiger partial charge in [-0.15, -0.1) is 0 Å². The second kappa shape index (κ2) is 6.90. The standard InChI is InChI=1S/C20H25N3O2/c1-25-16-9-5-8-15(12-16)18-19(17(22-23-18)13-10-11-13)21-20(24)14-6-3-2-4-7-14/h5,8-9,12-14H,2-4,6-7,10-11H2,1H3,(H,21,24)(H,22,23). The summed E-state index contributed by atoms with van der Waals surface area (Å²) in [5.41, 5.74) is 3.71. The summed E-state index contributed by atoms with van der Waals surface area (Å²) in [5, 5.41) is 10.9. The third-order valence-corrected chi connectivity index (χ3v) is 5.35. The number of hydrogen-bond acceptors (Lipinski definition) is 3. The molecule has 0 radical (unpaired) electrons. The van der Waals surface area contributed by atoms with Gasteiger partial charge in [-0.05, 0) is 37.8 Å². The molecule has 0 saturated heterocycles. The molecule has 132 valence electrons. The van der Waals surface area contributed by atoms with Crippen LogP contribution in [0.1, 0.15) is 56.6 Å². The molecule has 1 aromatic heterocycles. The maximum absolute atomic E-state index is 12.8. The molecule has 0 unspecified atom stereocenters. The monoisotopic (exact) mass is 339 g/mol. The summed E-state index contributed by atoms with van der Waals surface area (Å²) in [6.45, 7) is 0. The predicted molar refractivity (Wildman–Crippen MR) is 97.8 cm³/mol. The number of ether oxygens (including phenoxy) is 1. The molecule has 2 fully saturated rings. The molecule has 2 aliphatic rings. The number of rotatable bonds is 5. The van der Waals surface area contributed by atoms with Gasteiger partial charge in [-0.1, -0.05) is 31.4 Å². The zero-order valence-electron chi connectivity index (χ0n) is 14.7. The average molecular weight is 339 g/mol. The van der Waals surface area contributed by atoms with Crippen LogP contribution in [-0.4, -0.2) is 23.2 Å². The molecule has 1 aromatic carbocycles. The maximum Gasteiger partial charge on any atom is 0.227 e. The van der Waals surface area contributed by atoms with Crippen molar-refractivity contribution in [3.63, 3.8) is 0 Å². The van der Waals surface area contributed by atoms with Gasteiger partial charge in [0.2, 0.25) is 5.91 Å². The number of benzene rings is 1. The second-order valence-corrected chi connectivity index (χ2v) is 7.19. The number of methoxy groups -OCH3 is 1. The molecule has 4 rings (SSSR count). The van der Waals surface area contributed by atoms with E-state index in [1.807, 2.05) is 24.3 Å². The first-order valence-corrected chi connectivity index (χ1v) is 9.30. The van der Waals surface area contributed by atoms with Gasteiger partial charge in [0.05, 0.1) is 18.5 Å². The van der Waals surface area contributed by atoms with Crippen molar-refractivity contribution in [1.82, 2.24) is 10.2 Å². The fourth-order valence-electron chi connectivity index (χ4n) is 3.72. The fourth-order valence-corrected chi connectivity index (χ4v) is 3.72. The van der Waals surface area contributed by atoms with Crippen LogP contribution >= 0.6 is 0 Å². The molecule has 0 aliphatic heterocycles. The van der Waals surface area contributed by atoms with E-state index in [1.54, 1.807) is 7.11 Å². The van der Waals surface area contributed by atoms with Crippen LogP contribution in [-0.2, 0) is 4.79 Å². The largest absolute Gasteiger partial charge is 0.497 e. The number of aromatic amines is 1. The Morgan fingerprint density at radius 2 is 2.00 bits per heavy atom. The Morgan fingerprint density at radius 3 is 2.72 bits per heavy atom. The van der Waals surface area contributed by atoms with Gasteiger partial charge < -0.3 is 10.1 Å². The van der Waals surface area contributed by atoms with Crippen molar-refractivity contribution in [2.24, 2.45) is 5.92 Å². The molecule has 2 aliphatic carbocycles. The summed E-state index contributed by atoms with van der Waals surface area (Å²) >= 11 is 0. The van der Waals surface area contributed by atoms with E-state index in [1.165, 1.54) is 6.42 Å². The van der Waals surface area contributed by atoms with Gasteiger partial charge in [0, 0.05) is 17.4 Å². The molecule has 25 heavy (non-hydrogen) atoms. The molecule has 1 amide bonds. The number of nitrogens with one attached hydrogen (secondary N) is 2. The van der Waals surface area contributed by atoms with Crippen LogP contribution in [0.5, 0.6) is 5.75 Å². The highest BCUT2D eigenvalue weighted by Gasteiger charge is 2.32. The zero-order valence-corrected chi connectivity index (χ0v) is 14.7. The minimum Gasteiger partial charge on any atom is -0.497 e. The minimum atomic E-state index is 0.133. The van der Waals surface area contributed by atoms with Crippen molar-refractivity contribution < 1.29 is 9.53 Å². The lowest BCUT2D eigenvalue weighted by molar-refractivity contribution is -0.120. The van der Waals surface area contributed by atoms with Crippen LogP contribution in [0.4, 0.5) is 5.69 Å². The van der Waals surface area contributed by atoms with Gasteiger partial charge in [0.25, 0.3) is 0 Å². The van der Waals surface area contributed by atoms with Crippen LogP contribution in [0.3, 0.4) is 0 Å². The third-order valence-electron chi connectivity index (χ3n) is 5.35. The highest BCUT2D eigenvalue weighted by atomic mass is 16.5. The Hall–Kier alpha value is -2.30. The van der Waals surface area contributed by atoms with Crippen LogP contribution < -0.4 is 10.1 Å². The van der Waals surface area contributed by atoms with Gasteiger partial charge >= 0.3 is 0 Å². The summed E-state index contributed by atoms with van der Waals surface area (Å²) in [6, 6.07) is 7.83. The van der Waals surface area contributed by atoms with E-state index in [-0.39, 0.29) is 11.8 Å². The molecule has 5 nitrogen and oxygen atoms in total. The Bertz CT molecular complexity index is 758. The van der Waals surface area contributed by atoms with Gasteiger partial charge in [-0.3, -0.25) is 9.89 Å². The van der Waals surface area contributed by atoms with Crippen molar-refractivity contribution in [3.8, 4) is 17.0 Å². The summed E-state index contributed by atoms with van der Waals surface area (Å²) in [4.78, 5) is 12.8. The molecule has 5 heteroatoms. The van der Waals surface area contributed by atoms with Crippen molar-refractivity contribution in [3.05, 3.63) is 30.0 Å². The quantitative estimate of drug-likeness (QED) is 0.844. The number of H-pyrrole nitrogens is 1. The lowest BCUT2D eigenvalue weighted by atomic mass is 9.88. The first-order chi connectivity index (χ1) is 12.3. The summed E-state index contributed by atoms with van der Waals surface area (Å²) in [7, 11) is 1.66. The van der Waals surface area contributed by atoms with Crippen molar-refractivity contribution in [2.45, 2.75) is 50.9 Å². The Morgan fingerprint density at radius 1 is 1.20 bits per heavy atom. The molecule has 2 N–H and O–H groups in total. The number of aromatic nitrogens is 2. The van der Waals surface area contributed by atoms with E-state index in [0.717, 1.165) is 66.9 Å². The lowest BCUT2D eigenvalue weighted by Gasteiger charge is -2.21. The predicted octanol–water partition coefficient (Wildman–Crippen LogP) is 4.48. The number of nitrogens with zero attached hydrogens (tertiary/aromatic N) is 1. The van der Waals surface area contributed by atoms with Crippen molar-refractivity contribution >= 4 is 11.6 Å². The van der Waals surface area contributed by atoms with E-state index in [2.05, 4.69) is 15.5 Å². The third kappa shape index (κ3) is 3.41. The van der Waals surface area contributed by atoms with Crippen LogP contribution in [0.2, 0.25) is 0 Å². The fraction of sp³-hybridized carbons (Fsp3) is 0.500. The highest BCUT2D eigenvalue weighted by Crippen LogP contribution is 2.45. The van der Waals surface area contributed by atoms with E-state index in [4.69, 9.17) is 4.74 Å². The summed E-state index contributed by atoms with van der Waals surface area (Å²) in [6.07, 6.45) is 7.87. The maximum atomic E-state index is 12.8. The van der Waals surface area contributed by atoms with Crippen molar-refractivity contribution in [1.29, 1.82) is 0 Å². The number of anilines is 1. The molecule has 2 aromatic rings. The number of carbonyl (C=O) groups excluding carboxylic acids is 1. The zero-order chi connectivity index (χ0) is 17.2. The minimum absolute atomic E-state index is 0.133. The number of hydrogen-bond donors (Lipinski definition) is 2. The molecule has 0 atom stereocenters. The molecule has 0 spiro atoms. The molecule has 2 saturated carbocycles. The topological polar surface area (TPSA) is 67.0 Å². The molecule has 1 heterocycles. The van der Waals surface area contributed by atoms with Crippen LogP contribution in [0.15, 0.2) is 24.3 Å². The molecule has 0 bridgehead atoms. The Kier molecular flexibility index (Phi) is 4.47. The van der Waals surface area contributed by atoms with E-state index in [9.17, 15) is 4.79 Å². The van der Waals surface area contributed by atoms with Gasteiger partial charge in [-0.2, -0.15) is 5.10 Å². The first-order valence-electron chi connectivity index (χ1n) is 9.30. The normalized spacial score (nSPS) is 18.1. The van der Waals surface area contributed by atoms with Crippen LogP contribution in [0.25, 0.3) is 11.3 Å². The highest BCUT2D eigenvalue weighted by molar-refractivity contribution is 5.97. The average Bonchev–Trinajstić information content (AvgIpc) is 3.43. The number of carbonyl (C=O) groups is 1.